The molecule has 0 aliphatic rings. The summed E-state index contributed by atoms with van der Waals surface area (Å²) in [5.41, 5.74) is 2.12. The molecular formula is C23H26N4O3. The number of hydrogen-bond donors (Lipinski definition) is 1. The average molecular weight is 406 g/mol. The Labute approximate surface area is 174 Å². The summed E-state index contributed by atoms with van der Waals surface area (Å²) in [6.07, 6.45) is 3.13. The molecule has 0 spiro atoms. The zero-order valence-corrected chi connectivity index (χ0v) is 17.5. The van der Waals surface area contributed by atoms with Crippen LogP contribution in [0.5, 0.6) is 0 Å². The molecule has 1 aromatic carbocycles. The minimum atomic E-state index is -0.287. The first-order chi connectivity index (χ1) is 14.4. The van der Waals surface area contributed by atoms with E-state index in [-0.39, 0.29) is 23.2 Å². The van der Waals surface area contributed by atoms with Crippen LogP contribution in [-0.4, -0.2) is 26.1 Å². The van der Waals surface area contributed by atoms with Crippen molar-refractivity contribution in [1.29, 1.82) is 0 Å². The molecule has 1 N–H and O–H groups in total. The van der Waals surface area contributed by atoms with Gasteiger partial charge in [0.05, 0.1) is 17.3 Å². The monoisotopic (exact) mass is 406 g/mol. The number of benzene rings is 1. The van der Waals surface area contributed by atoms with Gasteiger partial charge in [0.1, 0.15) is 11.3 Å². The lowest BCUT2D eigenvalue weighted by molar-refractivity contribution is 0.0933. The number of para-hydroxylation sites is 2. The van der Waals surface area contributed by atoms with Gasteiger partial charge in [0.25, 0.3) is 11.5 Å². The first-order valence-electron chi connectivity index (χ1n) is 10.3. The van der Waals surface area contributed by atoms with Crippen LogP contribution in [0.3, 0.4) is 0 Å². The molecule has 0 unspecified atom stereocenters. The molecule has 0 radical (unpaired) electrons. The maximum atomic E-state index is 13.1. The number of fused-ring (bicyclic) bond motifs is 3. The van der Waals surface area contributed by atoms with E-state index in [0.29, 0.717) is 18.0 Å². The molecule has 4 rings (SSSR count). The minimum Gasteiger partial charge on any atom is -0.469 e. The molecule has 7 nitrogen and oxygen atoms in total. The van der Waals surface area contributed by atoms with Crippen LogP contribution in [0.25, 0.3) is 16.6 Å². The van der Waals surface area contributed by atoms with Gasteiger partial charge in [-0.1, -0.05) is 26.0 Å². The number of aromatic nitrogens is 3. The van der Waals surface area contributed by atoms with Crippen molar-refractivity contribution in [3.63, 3.8) is 0 Å². The summed E-state index contributed by atoms with van der Waals surface area (Å²) in [5, 5.41) is 7.43. The smallest absolute Gasteiger partial charge is 0.277 e. The molecule has 3 heterocycles. The third kappa shape index (κ3) is 3.87. The van der Waals surface area contributed by atoms with Crippen molar-refractivity contribution in [3.05, 3.63) is 70.5 Å². The van der Waals surface area contributed by atoms with Crippen molar-refractivity contribution in [2.45, 2.75) is 46.2 Å². The van der Waals surface area contributed by atoms with Crippen molar-refractivity contribution in [2.75, 3.05) is 0 Å². The lowest BCUT2D eigenvalue weighted by Crippen LogP contribution is -2.33. The summed E-state index contributed by atoms with van der Waals surface area (Å²) in [6.45, 7) is 6.70. The average Bonchev–Trinajstić information content (AvgIpc) is 3.39. The van der Waals surface area contributed by atoms with E-state index in [1.165, 1.54) is 0 Å². The van der Waals surface area contributed by atoms with Gasteiger partial charge in [0.2, 0.25) is 0 Å². The standard InChI is InChI=1S/C23H26N4O3/c1-15(2)14-26-19-8-4-5-9-20(19)27-21(23(26)29)13-18(25-27)22(28)24-16(3)10-11-17-7-6-12-30-17/h4-9,12-13,15-16H,10-11,14H2,1-3H3,(H,24,28)/t16-/m0/s1. The number of rotatable bonds is 7. The highest BCUT2D eigenvalue weighted by molar-refractivity contribution is 5.94. The predicted molar refractivity (Wildman–Crippen MR) is 116 cm³/mol. The summed E-state index contributed by atoms with van der Waals surface area (Å²) in [6, 6.07) is 12.9. The molecule has 7 heteroatoms. The molecule has 30 heavy (non-hydrogen) atoms. The second kappa shape index (κ2) is 8.18. The van der Waals surface area contributed by atoms with Crippen LogP contribution in [0.1, 0.15) is 43.4 Å². The molecule has 156 valence electrons. The fraction of sp³-hybridized carbons (Fsp3) is 0.348. The van der Waals surface area contributed by atoms with Crippen LogP contribution < -0.4 is 10.9 Å². The van der Waals surface area contributed by atoms with Gasteiger partial charge < -0.3 is 14.3 Å². The lowest BCUT2D eigenvalue weighted by Gasteiger charge is -2.13. The first kappa shape index (κ1) is 19.9. The Hall–Kier alpha value is -3.35. The van der Waals surface area contributed by atoms with Crippen molar-refractivity contribution in [1.82, 2.24) is 19.5 Å². The minimum absolute atomic E-state index is 0.0539. The SMILES string of the molecule is CC(C)Cn1c(=O)c2cc(C(=O)N[C@@H](C)CCc3ccco3)nn2c2ccccc21. The second-order valence-electron chi connectivity index (χ2n) is 8.12. The van der Waals surface area contributed by atoms with Crippen LogP contribution in [0.15, 0.2) is 57.9 Å². The number of amides is 1. The Balaban J connectivity index is 1.64. The largest absolute Gasteiger partial charge is 0.469 e. The van der Waals surface area contributed by atoms with E-state index in [1.54, 1.807) is 21.4 Å². The molecule has 0 aliphatic carbocycles. The van der Waals surface area contributed by atoms with Crippen LogP contribution in [0.4, 0.5) is 0 Å². The molecule has 0 aliphatic heterocycles. The molecule has 0 fully saturated rings. The van der Waals surface area contributed by atoms with E-state index in [1.807, 2.05) is 43.3 Å². The molecule has 1 amide bonds. The number of carbonyl (C=O) groups is 1. The zero-order valence-electron chi connectivity index (χ0n) is 17.5. The normalized spacial score (nSPS) is 12.7. The Morgan fingerprint density at radius 2 is 1.87 bits per heavy atom. The highest BCUT2D eigenvalue weighted by Crippen LogP contribution is 2.16. The van der Waals surface area contributed by atoms with Gasteiger partial charge in [-0.2, -0.15) is 5.10 Å². The maximum Gasteiger partial charge on any atom is 0.277 e. The third-order valence-electron chi connectivity index (χ3n) is 5.14. The third-order valence-corrected chi connectivity index (χ3v) is 5.14. The molecule has 1 atom stereocenters. The van der Waals surface area contributed by atoms with Crippen molar-refractivity contribution in [3.8, 4) is 0 Å². The van der Waals surface area contributed by atoms with Crippen LogP contribution in [-0.2, 0) is 13.0 Å². The van der Waals surface area contributed by atoms with E-state index in [0.717, 1.165) is 29.6 Å². The Kier molecular flexibility index (Phi) is 5.44. The number of furan rings is 1. The first-order valence-corrected chi connectivity index (χ1v) is 10.3. The summed E-state index contributed by atoms with van der Waals surface area (Å²) in [4.78, 5) is 25.9. The lowest BCUT2D eigenvalue weighted by atomic mass is 10.1. The van der Waals surface area contributed by atoms with Gasteiger partial charge in [0.15, 0.2) is 5.69 Å². The van der Waals surface area contributed by atoms with Crippen molar-refractivity contribution in [2.24, 2.45) is 5.92 Å². The van der Waals surface area contributed by atoms with E-state index in [2.05, 4.69) is 24.3 Å². The van der Waals surface area contributed by atoms with Crippen LogP contribution >= 0.6 is 0 Å². The number of hydrogen-bond acceptors (Lipinski definition) is 4. The predicted octanol–water partition coefficient (Wildman–Crippen LogP) is 3.65. The number of carbonyl (C=O) groups excluding carboxylic acids is 1. The molecular weight excluding hydrogens is 380 g/mol. The van der Waals surface area contributed by atoms with Crippen molar-refractivity contribution < 1.29 is 9.21 Å². The van der Waals surface area contributed by atoms with Gasteiger partial charge in [-0.3, -0.25) is 9.59 Å². The Bertz CT molecular complexity index is 1230. The van der Waals surface area contributed by atoms with E-state index in [4.69, 9.17) is 4.42 Å². The fourth-order valence-corrected chi connectivity index (χ4v) is 3.68. The maximum absolute atomic E-state index is 13.1. The fourth-order valence-electron chi connectivity index (χ4n) is 3.68. The highest BCUT2D eigenvalue weighted by atomic mass is 16.3. The van der Waals surface area contributed by atoms with Gasteiger partial charge in [-0.25, -0.2) is 4.52 Å². The van der Waals surface area contributed by atoms with E-state index >= 15 is 0 Å². The molecule has 0 bridgehead atoms. The van der Waals surface area contributed by atoms with Gasteiger partial charge >= 0.3 is 0 Å². The molecule has 0 saturated carbocycles. The number of aryl methyl sites for hydroxylation is 1. The topological polar surface area (TPSA) is 81.5 Å². The summed E-state index contributed by atoms with van der Waals surface area (Å²) in [5.74, 6) is 0.916. The summed E-state index contributed by atoms with van der Waals surface area (Å²) >= 11 is 0. The quantitative estimate of drug-likeness (QED) is 0.508. The number of nitrogens with one attached hydrogen (secondary N) is 1. The van der Waals surface area contributed by atoms with Crippen LogP contribution in [0, 0.1) is 5.92 Å². The molecule has 0 saturated heterocycles. The molecule has 3 aromatic heterocycles. The zero-order chi connectivity index (χ0) is 21.3. The highest BCUT2D eigenvalue weighted by Gasteiger charge is 2.19. The summed E-state index contributed by atoms with van der Waals surface area (Å²) < 4.78 is 8.69. The Morgan fingerprint density at radius 1 is 1.10 bits per heavy atom. The van der Waals surface area contributed by atoms with E-state index in [9.17, 15) is 9.59 Å². The van der Waals surface area contributed by atoms with Gasteiger partial charge in [0, 0.05) is 25.1 Å². The Morgan fingerprint density at radius 3 is 2.57 bits per heavy atom. The number of nitrogens with zero attached hydrogens (tertiary/aromatic N) is 3. The van der Waals surface area contributed by atoms with Crippen molar-refractivity contribution >= 4 is 22.5 Å². The summed E-state index contributed by atoms with van der Waals surface area (Å²) in [7, 11) is 0. The van der Waals surface area contributed by atoms with Gasteiger partial charge in [-0.05, 0) is 43.5 Å². The van der Waals surface area contributed by atoms with E-state index < -0.39 is 0 Å². The van der Waals surface area contributed by atoms with Gasteiger partial charge in [-0.15, -0.1) is 0 Å². The second-order valence-corrected chi connectivity index (χ2v) is 8.12. The molecule has 4 aromatic rings. The van der Waals surface area contributed by atoms with Crippen LogP contribution in [0.2, 0.25) is 0 Å².